The molecule has 0 aliphatic carbocycles. The van der Waals surface area contributed by atoms with Crippen LogP contribution in [-0.4, -0.2) is 16.0 Å². The number of thiophene rings is 1. The van der Waals surface area contributed by atoms with Crippen molar-refractivity contribution in [2.24, 2.45) is 0 Å². The minimum atomic E-state index is -1.12. The highest BCUT2D eigenvalue weighted by molar-refractivity contribution is 7.09. The summed E-state index contributed by atoms with van der Waals surface area (Å²) in [6, 6.07) is 7.46. The van der Waals surface area contributed by atoms with Crippen molar-refractivity contribution in [3.63, 3.8) is 0 Å². The van der Waals surface area contributed by atoms with E-state index >= 15 is 0 Å². The highest BCUT2D eigenvalue weighted by Crippen LogP contribution is 2.26. The Hall–Kier alpha value is -2.41. The van der Waals surface area contributed by atoms with Gasteiger partial charge in [0.2, 0.25) is 0 Å². The predicted octanol–water partition coefficient (Wildman–Crippen LogP) is 2.97. The Kier molecular flexibility index (Phi) is 3.76. The zero-order valence-corrected chi connectivity index (χ0v) is 10.5. The molecule has 1 aromatic heterocycles. The van der Waals surface area contributed by atoms with Crippen LogP contribution in [0.25, 0.3) is 0 Å². The van der Waals surface area contributed by atoms with Crippen molar-refractivity contribution in [1.29, 1.82) is 0 Å². The fraction of sp³-hybridized carbons (Fsp3) is 0.0833. The Morgan fingerprint density at radius 2 is 2.21 bits per heavy atom. The van der Waals surface area contributed by atoms with Crippen LogP contribution in [0.4, 0.5) is 11.4 Å². The Morgan fingerprint density at radius 1 is 1.42 bits per heavy atom. The van der Waals surface area contributed by atoms with Crippen LogP contribution in [0.15, 0.2) is 35.7 Å². The predicted molar refractivity (Wildman–Crippen MR) is 71.7 cm³/mol. The van der Waals surface area contributed by atoms with E-state index in [4.69, 9.17) is 5.11 Å². The number of aromatic carboxylic acids is 1. The number of nitro benzene ring substituents is 1. The molecule has 1 heterocycles. The number of anilines is 1. The molecule has 0 atom stereocenters. The summed E-state index contributed by atoms with van der Waals surface area (Å²) < 4.78 is 0. The summed E-state index contributed by atoms with van der Waals surface area (Å²) in [6.45, 7) is 0.418. The molecule has 98 valence electrons. The molecule has 0 aliphatic heterocycles. The van der Waals surface area contributed by atoms with Gasteiger partial charge in [0, 0.05) is 17.5 Å². The van der Waals surface area contributed by atoms with Gasteiger partial charge in [-0.15, -0.1) is 11.3 Å². The minimum Gasteiger partial charge on any atom is -0.478 e. The third kappa shape index (κ3) is 3.08. The normalized spacial score (nSPS) is 10.1. The van der Waals surface area contributed by atoms with Crippen LogP contribution in [0.2, 0.25) is 0 Å². The maximum absolute atomic E-state index is 10.9. The molecule has 0 aliphatic rings. The number of rotatable bonds is 5. The Morgan fingerprint density at radius 3 is 2.79 bits per heavy atom. The van der Waals surface area contributed by atoms with Crippen LogP contribution < -0.4 is 5.32 Å². The van der Waals surface area contributed by atoms with Gasteiger partial charge in [-0.05, 0) is 23.6 Å². The van der Waals surface area contributed by atoms with Gasteiger partial charge in [0.05, 0.1) is 10.5 Å². The Labute approximate surface area is 112 Å². The number of nitrogens with one attached hydrogen (secondary N) is 1. The molecule has 19 heavy (non-hydrogen) atoms. The van der Waals surface area contributed by atoms with Gasteiger partial charge in [-0.2, -0.15) is 0 Å². The lowest BCUT2D eigenvalue weighted by atomic mass is 10.1. The quantitative estimate of drug-likeness (QED) is 0.648. The van der Waals surface area contributed by atoms with Crippen LogP contribution in [-0.2, 0) is 6.54 Å². The number of carbonyl (C=O) groups is 1. The molecule has 7 heteroatoms. The number of hydrogen-bond acceptors (Lipinski definition) is 5. The fourth-order valence-electron chi connectivity index (χ4n) is 1.57. The molecule has 6 nitrogen and oxygen atoms in total. The zero-order chi connectivity index (χ0) is 13.8. The van der Waals surface area contributed by atoms with E-state index in [0.717, 1.165) is 4.88 Å². The third-order valence-electron chi connectivity index (χ3n) is 2.47. The summed E-state index contributed by atoms with van der Waals surface area (Å²) in [7, 11) is 0. The summed E-state index contributed by atoms with van der Waals surface area (Å²) in [4.78, 5) is 22.2. The molecular weight excluding hydrogens is 268 g/mol. The van der Waals surface area contributed by atoms with Gasteiger partial charge in [0.25, 0.3) is 5.69 Å². The van der Waals surface area contributed by atoms with Gasteiger partial charge in [0.15, 0.2) is 0 Å². The molecule has 0 saturated heterocycles. The topological polar surface area (TPSA) is 92.5 Å². The molecule has 2 aromatic rings. The van der Waals surface area contributed by atoms with Crippen LogP contribution >= 0.6 is 11.3 Å². The lowest BCUT2D eigenvalue weighted by molar-refractivity contribution is -0.384. The van der Waals surface area contributed by atoms with E-state index in [1.807, 2.05) is 17.5 Å². The van der Waals surface area contributed by atoms with Crippen LogP contribution in [0.3, 0.4) is 0 Å². The lowest BCUT2D eigenvalue weighted by Gasteiger charge is -2.06. The number of hydrogen-bond donors (Lipinski definition) is 2. The molecule has 0 saturated carbocycles. The van der Waals surface area contributed by atoms with Crippen molar-refractivity contribution in [1.82, 2.24) is 0 Å². The number of carboxylic acid groups (broad SMARTS) is 1. The van der Waals surface area contributed by atoms with Gasteiger partial charge in [-0.3, -0.25) is 10.1 Å². The van der Waals surface area contributed by atoms with Crippen LogP contribution in [0.5, 0.6) is 0 Å². The standard InChI is InChI=1S/C12H10N2O4S/c15-12(16)8-3-4-11(14(17)18)10(6-8)13-7-9-2-1-5-19-9/h1-6,13H,7H2,(H,15,16). The molecule has 0 bridgehead atoms. The van der Waals surface area contributed by atoms with E-state index in [1.165, 1.54) is 29.5 Å². The first kappa shape index (κ1) is 13.0. The van der Waals surface area contributed by atoms with Crippen molar-refractivity contribution < 1.29 is 14.8 Å². The smallest absolute Gasteiger partial charge is 0.335 e. The van der Waals surface area contributed by atoms with Gasteiger partial charge in [-0.25, -0.2) is 4.79 Å². The average Bonchev–Trinajstić information content (AvgIpc) is 2.88. The lowest BCUT2D eigenvalue weighted by Crippen LogP contribution is -2.04. The third-order valence-corrected chi connectivity index (χ3v) is 3.35. The van der Waals surface area contributed by atoms with Crippen molar-refractivity contribution >= 4 is 28.7 Å². The number of nitro groups is 1. The van der Waals surface area contributed by atoms with E-state index in [0.29, 0.717) is 6.54 Å². The molecule has 0 radical (unpaired) electrons. The summed E-state index contributed by atoms with van der Waals surface area (Å²) in [5.41, 5.74) is 0.0825. The second-order valence-electron chi connectivity index (χ2n) is 3.73. The number of benzene rings is 1. The largest absolute Gasteiger partial charge is 0.478 e. The van der Waals surface area contributed by atoms with E-state index in [-0.39, 0.29) is 16.9 Å². The van der Waals surface area contributed by atoms with Gasteiger partial charge < -0.3 is 10.4 Å². The molecular formula is C12H10N2O4S. The van der Waals surface area contributed by atoms with Gasteiger partial charge >= 0.3 is 5.97 Å². The van der Waals surface area contributed by atoms with Crippen molar-refractivity contribution in [2.75, 3.05) is 5.32 Å². The van der Waals surface area contributed by atoms with Crippen molar-refractivity contribution in [2.45, 2.75) is 6.54 Å². The second-order valence-corrected chi connectivity index (χ2v) is 4.76. The highest BCUT2D eigenvalue weighted by Gasteiger charge is 2.16. The Balaban J connectivity index is 2.27. The average molecular weight is 278 g/mol. The van der Waals surface area contributed by atoms with Crippen molar-refractivity contribution in [3.05, 3.63) is 56.3 Å². The first-order chi connectivity index (χ1) is 9.08. The Bertz CT molecular complexity index is 610. The summed E-state index contributed by atoms with van der Waals surface area (Å²) in [6.07, 6.45) is 0. The molecule has 0 unspecified atom stereocenters. The van der Waals surface area contributed by atoms with Gasteiger partial charge in [-0.1, -0.05) is 6.07 Å². The maximum atomic E-state index is 10.9. The minimum absolute atomic E-state index is 0.0132. The second kappa shape index (κ2) is 5.49. The van der Waals surface area contributed by atoms with Crippen molar-refractivity contribution in [3.8, 4) is 0 Å². The first-order valence-electron chi connectivity index (χ1n) is 5.36. The first-order valence-corrected chi connectivity index (χ1v) is 6.24. The molecule has 2 rings (SSSR count). The van der Waals surface area contributed by atoms with E-state index in [1.54, 1.807) is 0 Å². The van der Waals surface area contributed by atoms with Crippen LogP contribution in [0.1, 0.15) is 15.2 Å². The number of nitrogens with zero attached hydrogens (tertiary/aromatic N) is 1. The summed E-state index contributed by atoms with van der Waals surface area (Å²) >= 11 is 1.52. The van der Waals surface area contributed by atoms with E-state index in [9.17, 15) is 14.9 Å². The van der Waals surface area contributed by atoms with E-state index < -0.39 is 10.9 Å². The zero-order valence-electron chi connectivity index (χ0n) is 9.70. The SMILES string of the molecule is O=C(O)c1ccc([N+](=O)[O-])c(NCc2cccs2)c1. The van der Waals surface area contributed by atoms with E-state index in [2.05, 4.69) is 5.32 Å². The molecule has 0 amide bonds. The molecule has 0 spiro atoms. The molecule has 1 aromatic carbocycles. The monoisotopic (exact) mass is 278 g/mol. The summed E-state index contributed by atoms with van der Waals surface area (Å²) in [5.74, 6) is -1.12. The molecule has 0 fully saturated rings. The van der Waals surface area contributed by atoms with Crippen LogP contribution in [0, 0.1) is 10.1 Å². The fourth-order valence-corrected chi connectivity index (χ4v) is 2.21. The van der Waals surface area contributed by atoms with Gasteiger partial charge in [0.1, 0.15) is 5.69 Å². The number of carboxylic acids is 1. The maximum Gasteiger partial charge on any atom is 0.335 e. The molecule has 2 N–H and O–H groups in total. The highest BCUT2D eigenvalue weighted by atomic mass is 32.1. The summed E-state index contributed by atoms with van der Waals surface area (Å²) in [5, 5.41) is 24.6.